The number of nitrogens with zero attached hydrogens (tertiary/aromatic N) is 1. The quantitative estimate of drug-likeness (QED) is 0.782. The fraction of sp³-hybridized carbons (Fsp3) is 0.500. The molecule has 1 atom stereocenters. The first-order valence-corrected chi connectivity index (χ1v) is 7.89. The Morgan fingerprint density at radius 3 is 2.30 bits per heavy atom. The Kier molecular flexibility index (Phi) is 5.90. The van der Waals surface area contributed by atoms with Crippen molar-refractivity contribution in [1.82, 2.24) is 4.90 Å². The molecule has 0 saturated carbocycles. The van der Waals surface area contributed by atoms with Crippen LogP contribution in [0.4, 0.5) is 0 Å². The lowest BCUT2D eigenvalue weighted by Gasteiger charge is -2.32. The molecule has 5 heteroatoms. The summed E-state index contributed by atoms with van der Waals surface area (Å²) in [6.07, 6.45) is 6.75. The van der Waals surface area contributed by atoms with Crippen LogP contribution in [0.25, 0.3) is 6.08 Å². The highest BCUT2D eigenvalue weighted by molar-refractivity contribution is 5.92. The molecule has 1 heterocycles. The highest BCUT2D eigenvalue weighted by atomic mass is 16.5. The van der Waals surface area contributed by atoms with Crippen LogP contribution in [0, 0.1) is 0 Å². The molecule has 0 N–H and O–H groups in total. The summed E-state index contributed by atoms with van der Waals surface area (Å²) in [5.74, 6) is 1.74. The zero-order valence-corrected chi connectivity index (χ0v) is 14.3. The number of rotatable bonds is 5. The SMILES string of the molecule is COc1cc(/C=C/C(=O)N2CCCCC2C)cc(OC)c1OC. The van der Waals surface area contributed by atoms with Gasteiger partial charge < -0.3 is 19.1 Å². The highest BCUT2D eigenvalue weighted by Crippen LogP contribution is 2.38. The summed E-state index contributed by atoms with van der Waals surface area (Å²) in [5.41, 5.74) is 0.831. The van der Waals surface area contributed by atoms with Crippen LogP contribution in [0.1, 0.15) is 31.7 Å². The summed E-state index contributed by atoms with van der Waals surface area (Å²) < 4.78 is 15.9. The van der Waals surface area contributed by atoms with Crippen molar-refractivity contribution in [1.29, 1.82) is 0 Å². The number of hydrogen-bond acceptors (Lipinski definition) is 4. The normalized spacial score (nSPS) is 18.1. The monoisotopic (exact) mass is 319 g/mol. The van der Waals surface area contributed by atoms with Crippen LogP contribution in [0.15, 0.2) is 18.2 Å². The van der Waals surface area contributed by atoms with Gasteiger partial charge in [-0.1, -0.05) is 0 Å². The third-order valence-corrected chi connectivity index (χ3v) is 4.19. The summed E-state index contributed by atoms with van der Waals surface area (Å²) in [5, 5.41) is 0. The molecular formula is C18H25NO4. The lowest BCUT2D eigenvalue weighted by Crippen LogP contribution is -2.41. The van der Waals surface area contributed by atoms with Gasteiger partial charge in [0, 0.05) is 18.7 Å². The van der Waals surface area contributed by atoms with Gasteiger partial charge in [0.05, 0.1) is 21.3 Å². The van der Waals surface area contributed by atoms with E-state index in [0.717, 1.165) is 24.9 Å². The van der Waals surface area contributed by atoms with E-state index in [4.69, 9.17) is 14.2 Å². The predicted octanol–water partition coefficient (Wildman–Crippen LogP) is 3.13. The van der Waals surface area contributed by atoms with Crippen LogP contribution in [0.3, 0.4) is 0 Å². The molecule has 1 saturated heterocycles. The number of carbonyl (C=O) groups is 1. The molecule has 0 bridgehead atoms. The molecule has 23 heavy (non-hydrogen) atoms. The second-order valence-electron chi connectivity index (χ2n) is 5.67. The van der Waals surface area contributed by atoms with E-state index in [0.29, 0.717) is 23.3 Å². The molecule has 1 unspecified atom stereocenters. The number of piperidine rings is 1. The fourth-order valence-electron chi connectivity index (χ4n) is 2.89. The number of amides is 1. The van der Waals surface area contributed by atoms with Gasteiger partial charge in [-0.2, -0.15) is 0 Å². The van der Waals surface area contributed by atoms with Crippen LogP contribution < -0.4 is 14.2 Å². The smallest absolute Gasteiger partial charge is 0.246 e. The van der Waals surface area contributed by atoms with Crippen molar-refractivity contribution in [2.45, 2.75) is 32.2 Å². The lowest BCUT2D eigenvalue weighted by atomic mass is 10.0. The van der Waals surface area contributed by atoms with E-state index >= 15 is 0 Å². The molecule has 1 aliphatic heterocycles. The first-order valence-electron chi connectivity index (χ1n) is 7.89. The van der Waals surface area contributed by atoms with E-state index in [1.54, 1.807) is 33.5 Å². The molecule has 126 valence electrons. The maximum absolute atomic E-state index is 12.4. The molecular weight excluding hydrogens is 294 g/mol. The minimum atomic E-state index is 0.0472. The van der Waals surface area contributed by atoms with Crippen molar-refractivity contribution >= 4 is 12.0 Å². The lowest BCUT2D eigenvalue weighted by molar-refractivity contribution is -0.129. The summed E-state index contributed by atoms with van der Waals surface area (Å²) in [6, 6.07) is 3.95. The van der Waals surface area contributed by atoms with Crippen molar-refractivity contribution < 1.29 is 19.0 Å². The largest absolute Gasteiger partial charge is 0.493 e. The number of hydrogen-bond donors (Lipinski definition) is 0. The fourth-order valence-corrected chi connectivity index (χ4v) is 2.89. The molecule has 2 rings (SSSR count). The van der Waals surface area contributed by atoms with Crippen molar-refractivity contribution in [2.24, 2.45) is 0 Å². The van der Waals surface area contributed by atoms with Crippen LogP contribution >= 0.6 is 0 Å². The van der Waals surface area contributed by atoms with Gasteiger partial charge in [-0.15, -0.1) is 0 Å². The van der Waals surface area contributed by atoms with E-state index in [1.165, 1.54) is 6.42 Å². The molecule has 1 aliphatic rings. The first kappa shape index (κ1) is 17.2. The van der Waals surface area contributed by atoms with Crippen LogP contribution in [-0.4, -0.2) is 44.7 Å². The number of methoxy groups -OCH3 is 3. The van der Waals surface area contributed by atoms with Gasteiger partial charge in [-0.05, 0) is 50.0 Å². The average molecular weight is 319 g/mol. The van der Waals surface area contributed by atoms with Gasteiger partial charge >= 0.3 is 0 Å². The van der Waals surface area contributed by atoms with Gasteiger partial charge in [-0.3, -0.25) is 4.79 Å². The summed E-state index contributed by atoms with van der Waals surface area (Å²) >= 11 is 0. The van der Waals surface area contributed by atoms with Crippen molar-refractivity contribution in [3.8, 4) is 17.2 Å². The molecule has 0 aromatic heterocycles. The minimum Gasteiger partial charge on any atom is -0.493 e. The maximum Gasteiger partial charge on any atom is 0.246 e. The van der Waals surface area contributed by atoms with Gasteiger partial charge in [0.2, 0.25) is 11.7 Å². The third-order valence-electron chi connectivity index (χ3n) is 4.19. The Morgan fingerprint density at radius 1 is 1.13 bits per heavy atom. The van der Waals surface area contributed by atoms with E-state index in [2.05, 4.69) is 6.92 Å². The summed E-state index contributed by atoms with van der Waals surface area (Å²) in [6.45, 7) is 2.93. The van der Waals surface area contributed by atoms with E-state index in [1.807, 2.05) is 17.0 Å². The number of likely N-dealkylation sites (tertiary alicyclic amines) is 1. The Morgan fingerprint density at radius 2 is 1.78 bits per heavy atom. The van der Waals surface area contributed by atoms with Gasteiger partial charge in [0.15, 0.2) is 11.5 Å². The maximum atomic E-state index is 12.4. The van der Waals surface area contributed by atoms with Gasteiger partial charge in [0.1, 0.15) is 0 Å². The van der Waals surface area contributed by atoms with Crippen LogP contribution in [-0.2, 0) is 4.79 Å². The zero-order chi connectivity index (χ0) is 16.8. The Balaban J connectivity index is 2.20. The molecule has 0 spiro atoms. The van der Waals surface area contributed by atoms with E-state index < -0.39 is 0 Å². The molecule has 1 aromatic carbocycles. The second-order valence-corrected chi connectivity index (χ2v) is 5.67. The van der Waals surface area contributed by atoms with Crippen molar-refractivity contribution in [2.75, 3.05) is 27.9 Å². The molecule has 5 nitrogen and oxygen atoms in total. The summed E-state index contributed by atoms with van der Waals surface area (Å²) in [4.78, 5) is 14.3. The molecule has 0 aliphatic carbocycles. The topological polar surface area (TPSA) is 48.0 Å². The van der Waals surface area contributed by atoms with Gasteiger partial charge in [0.25, 0.3) is 0 Å². The second kappa shape index (κ2) is 7.90. The van der Waals surface area contributed by atoms with Crippen LogP contribution in [0.5, 0.6) is 17.2 Å². The number of carbonyl (C=O) groups excluding carboxylic acids is 1. The Labute approximate surface area is 137 Å². The van der Waals surface area contributed by atoms with Crippen LogP contribution in [0.2, 0.25) is 0 Å². The zero-order valence-electron chi connectivity index (χ0n) is 14.3. The Hall–Kier alpha value is -2.17. The first-order chi connectivity index (χ1) is 11.1. The number of benzene rings is 1. The number of ether oxygens (including phenoxy) is 3. The van der Waals surface area contributed by atoms with E-state index in [9.17, 15) is 4.79 Å². The molecule has 1 aromatic rings. The molecule has 0 radical (unpaired) electrons. The minimum absolute atomic E-state index is 0.0472. The predicted molar refractivity (Wildman–Crippen MR) is 90.2 cm³/mol. The van der Waals surface area contributed by atoms with Gasteiger partial charge in [-0.25, -0.2) is 0 Å². The summed E-state index contributed by atoms with van der Waals surface area (Å²) in [7, 11) is 4.72. The van der Waals surface area contributed by atoms with Crippen molar-refractivity contribution in [3.05, 3.63) is 23.8 Å². The molecule has 1 amide bonds. The van der Waals surface area contributed by atoms with E-state index in [-0.39, 0.29) is 5.91 Å². The van der Waals surface area contributed by atoms with Crippen molar-refractivity contribution in [3.63, 3.8) is 0 Å². The highest BCUT2D eigenvalue weighted by Gasteiger charge is 2.21. The standard InChI is InChI=1S/C18H25NO4/c1-13-7-5-6-10-19(13)17(20)9-8-14-11-15(21-2)18(23-4)16(12-14)22-3/h8-9,11-13H,5-7,10H2,1-4H3/b9-8+. The average Bonchev–Trinajstić information content (AvgIpc) is 2.58. The Bertz CT molecular complexity index is 557. The third kappa shape index (κ3) is 3.97. The molecule has 1 fully saturated rings.